The summed E-state index contributed by atoms with van der Waals surface area (Å²) in [7, 11) is 2.16. The molecule has 0 aromatic rings. The molecule has 0 saturated carbocycles. The van der Waals surface area contributed by atoms with E-state index in [2.05, 4.69) is 28.2 Å². The molecule has 1 N–H and O–H groups in total. The van der Waals surface area contributed by atoms with Gasteiger partial charge in [0.05, 0.1) is 6.07 Å². The van der Waals surface area contributed by atoms with Gasteiger partial charge in [0.25, 0.3) is 0 Å². The number of likely N-dealkylation sites (tertiary alicyclic amines) is 1. The summed E-state index contributed by atoms with van der Waals surface area (Å²) in [6.45, 7) is 6.41. The van der Waals surface area contributed by atoms with Crippen molar-refractivity contribution in [3.05, 3.63) is 0 Å². The Hall–Kier alpha value is -0.630. The van der Waals surface area contributed by atoms with Crippen molar-refractivity contribution in [1.29, 1.82) is 5.26 Å². The summed E-state index contributed by atoms with van der Waals surface area (Å²) in [6.07, 6.45) is 4.35. The van der Waals surface area contributed by atoms with Gasteiger partial charge < -0.3 is 10.2 Å². The van der Waals surface area contributed by atoms with Gasteiger partial charge in [0.1, 0.15) is 5.54 Å². The summed E-state index contributed by atoms with van der Waals surface area (Å²) >= 11 is 0. The van der Waals surface area contributed by atoms with E-state index in [0.717, 1.165) is 58.5 Å². The number of nitrogens with zero attached hydrogens (tertiary/aromatic N) is 3. The van der Waals surface area contributed by atoms with E-state index in [1.807, 2.05) is 0 Å². The third-order valence-corrected chi connectivity index (χ3v) is 4.19. The van der Waals surface area contributed by atoms with Crippen LogP contribution in [0.1, 0.15) is 25.7 Å². The molecule has 4 heteroatoms. The van der Waals surface area contributed by atoms with Crippen LogP contribution in [0.15, 0.2) is 0 Å². The summed E-state index contributed by atoms with van der Waals surface area (Å²) in [6, 6.07) is 2.65. The lowest BCUT2D eigenvalue weighted by atomic mass is 9.89. The quantitative estimate of drug-likeness (QED) is 0.726. The van der Waals surface area contributed by atoms with Crippen LogP contribution in [-0.2, 0) is 0 Å². The summed E-state index contributed by atoms with van der Waals surface area (Å²) in [5.74, 6) is 0. The highest BCUT2D eigenvalue weighted by molar-refractivity contribution is 5.10. The molecule has 0 aromatic heterocycles. The van der Waals surface area contributed by atoms with Gasteiger partial charge in [-0.15, -0.1) is 0 Å². The highest BCUT2D eigenvalue weighted by Gasteiger charge is 2.37. The van der Waals surface area contributed by atoms with Crippen molar-refractivity contribution in [3.8, 4) is 6.07 Å². The van der Waals surface area contributed by atoms with Crippen molar-refractivity contribution in [2.24, 2.45) is 0 Å². The molecule has 0 spiro atoms. The zero-order valence-electron chi connectivity index (χ0n) is 10.9. The molecule has 2 rings (SSSR count). The van der Waals surface area contributed by atoms with E-state index in [1.54, 1.807) is 0 Å². The molecule has 4 nitrogen and oxygen atoms in total. The maximum absolute atomic E-state index is 9.67. The van der Waals surface area contributed by atoms with Crippen LogP contribution in [0.2, 0.25) is 0 Å². The Labute approximate surface area is 105 Å². The van der Waals surface area contributed by atoms with Gasteiger partial charge in [0, 0.05) is 26.2 Å². The Morgan fingerprint density at radius 1 is 1.06 bits per heavy atom. The van der Waals surface area contributed by atoms with E-state index in [0.29, 0.717) is 0 Å². The van der Waals surface area contributed by atoms with Crippen LogP contribution in [0.25, 0.3) is 0 Å². The Bertz CT molecular complexity index is 278. The molecule has 96 valence electrons. The summed E-state index contributed by atoms with van der Waals surface area (Å²) in [5, 5.41) is 13.1. The van der Waals surface area contributed by atoms with Gasteiger partial charge in [0.2, 0.25) is 0 Å². The first kappa shape index (κ1) is 12.8. The van der Waals surface area contributed by atoms with Gasteiger partial charge in [-0.3, -0.25) is 4.90 Å². The fraction of sp³-hybridized carbons (Fsp3) is 0.923. The first-order chi connectivity index (χ1) is 8.27. The molecule has 0 aliphatic carbocycles. The maximum atomic E-state index is 9.67. The Morgan fingerprint density at radius 3 is 2.76 bits per heavy atom. The Kier molecular flexibility index (Phi) is 4.38. The minimum absolute atomic E-state index is 0.198. The van der Waals surface area contributed by atoms with Gasteiger partial charge in [-0.25, -0.2) is 0 Å². The van der Waals surface area contributed by atoms with Gasteiger partial charge in [0.15, 0.2) is 0 Å². The van der Waals surface area contributed by atoms with Crippen LogP contribution < -0.4 is 5.32 Å². The first-order valence-electron chi connectivity index (χ1n) is 6.82. The fourth-order valence-electron chi connectivity index (χ4n) is 3.03. The second-order valence-electron chi connectivity index (χ2n) is 5.39. The van der Waals surface area contributed by atoms with Crippen LogP contribution in [0.3, 0.4) is 0 Å². The molecule has 1 unspecified atom stereocenters. The van der Waals surface area contributed by atoms with Crippen LogP contribution in [0, 0.1) is 11.3 Å². The molecule has 17 heavy (non-hydrogen) atoms. The summed E-state index contributed by atoms with van der Waals surface area (Å²) < 4.78 is 0. The molecule has 1 atom stereocenters. The van der Waals surface area contributed by atoms with Crippen molar-refractivity contribution in [2.75, 3.05) is 46.3 Å². The van der Waals surface area contributed by atoms with Gasteiger partial charge in [-0.2, -0.15) is 5.26 Å². The van der Waals surface area contributed by atoms with E-state index < -0.39 is 0 Å². The van der Waals surface area contributed by atoms with Crippen molar-refractivity contribution in [1.82, 2.24) is 15.1 Å². The van der Waals surface area contributed by atoms with E-state index >= 15 is 0 Å². The molecule has 0 radical (unpaired) electrons. The van der Waals surface area contributed by atoms with Crippen molar-refractivity contribution in [3.63, 3.8) is 0 Å². The normalized spacial score (nSPS) is 33.6. The van der Waals surface area contributed by atoms with E-state index in [9.17, 15) is 5.26 Å². The SMILES string of the molecule is CN1CCCC(C#N)(N2CCCNCC2)CC1. The number of nitriles is 1. The second-order valence-corrected chi connectivity index (χ2v) is 5.39. The zero-order chi connectivity index (χ0) is 12.1. The summed E-state index contributed by atoms with van der Waals surface area (Å²) in [5.41, 5.74) is -0.198. The largest absolute Gasteiger partial charge is 0.315 e. The van der Waals surface area contributed by atoms with E-state index in [-0.39, 0.29) is 5.54 Å². The van der Waals surface area contributed by atoms with Crippen molar-refractivity contribution < 1.29 is 0 Å². The lowest BCUT2D eigenvalue weighted by Gasteiger charge is -2.37. The monoisotopic (exact) mass is 236 g/mol. The van der Waals surface area contributed by atoms with Crippen LogP contribution >= 0.6 is 0 Å². The Morgan fingerprint density at radius 2 is 1.94 bits per heavy atom. The average Bonchev–Trinajstić information content (AvgIpc) is 2.70. The topological polar surface area (TPSA) is 42.3 Å². The standard InChI is InChI=1S/C13H24N4/c1-16-8-2-4-13(12-14,5-10-16)17-9-3-6-15-7-11-17/h15H,2-11H2,1H3. The predicted octanol–water partition coefficient (Wildman–Crippen LogP) is 0.660. The molecule has 0 bridgehead atoms. The van der Waals surface area contributed by atoms with E-state index in [4.69, 9.17) is 0 Å². The van der Waals surface area contributed by atoms with E-state index in [1.165, 1.54) is 6.42 Å². The van der Waals surface area contributed by atoms with Gasteiger partial charge >= 0.3 is 0 Å². The molecule has 2 heterocycles. The number of nitrogens with one attached hydrogen (secondary N) is 1. The third kappa shape index (κ3) is 2.98. The smallest absolute Gasteiger partial charge is 0.110 e. The minimum Gasteiger partial charge on any atom is -0.315 e. The molecule has 2 fully saturated rings. The molecule has 0 aromatic carbocycles. The maximum Gasteiger partial charge on any atom is 0.110 e. The highest BCUT2D eigenvalue weighted by Crippen LogP contribution is 2.28. The molecular weight excluding hydrogens is 212 g/mol. The van der Waals surface area contributed by atoms with Crippen molar-refractivity contribution in [2.45, 2.75) is 31.2 Å². The van der Waals surface area contributed by atoms with Crippen LogP contribution in [0.5, 0.6) is 0 Å². The first-order valence-corrected chi connectivity index (χ1v) is 6.82. The average molecular weight is 236 g/mol. The number of hydrogen-bond donors (Lipinski definition) is 1. The lowest BCUT2D eigenvalue weighted by Crippen LogP contribution is -2.49. The third-order valence-electron chi connectivity index (χ3n) is 4.19. The lowest BCUT2D eigenvalue weighted by molar-refractivity contribution is 0.129. The Balaban J connectivity index is 2.08. The zero-order valence-corrected chi connectivity index (χ0v) is 10.9. The van der Waals surface area contributed by atoms with Crippen LogP contribution in [-0.4, -0.2) is 61.7 Å². The molecule has 2 saturated heterocycles. The number of hydrogen-bond acceptors (Lipinski definition) is 4. The van der Waals surface area contributed by atoms with Crippen LogP contribution in [0.4, 0.5) is 0 Å². The predicted molar refractivity (Wildman–Crippen MR) is 68.8 cm³/mol. The highest BCUT2D eigenvalue weighted by atomic mass is 15.2. The molecular formula is C13H24N4. The minimum atomic E-state index is -0.198. The molecule has 0 amide bonds. The molecule has 2 aliphatic heterocycles. The summed E-state index contributed by atoms with van der Waals surface area (Å²) in [4.78, 5) is 4.79. The van der Waals surface area contributed by atoms with Gasteiger partial charge in [-0.1, -0.05) is 0 Å². The second kappa shape index (κ2) is 5.81. The van der Waals surface area contributed by atoms with Crippen molar-refractivity contribution >= 4 is 0 Å². The fourth-order valence-corrected chi connectivity index (χ4v) is 3.03. The number of rotatable bonds is 1. The van der Waals surface area contributed by atoms with Gasteiger partial charge in [-0.05, 0) is 45.8 Å². The molecule has 2 aliphatic rings.